The summed E-state index contributed by atoms with van der Waals surface area (Å²) in [7, 11) is 0. The lowest BCUT2D eigenvalue weighted by molar-refractivity contribution is 0.102. The van der Waals surface area contributed by atoms with Crippen LogP contribution in [0.3, 0.4) is 0 Å². The number of hydrogen-bond donors (Lipinski definition) is 2. The molecule has 0 fully saturated rings. The summed E-state index contributed by atoms with van der Waals surface area (Å²) in [5.74, 6) is -0.914. The largest absolute Gasteiger partial charge is 0.397 e. The number of hydrogen-bond acceptors (Lipinski definition) is 3. The van der Waals surface area contributed by atoms with E-state index >= 15 is 0 Å². The predicted octanol–water partition coefficient (Wildman–Crippen LogP) is 3.58. The Morgan fingerprint density at radius 2 is 2.05 bits per heavy atom. The summed E-state index contributed by atoms with van der Waals surface area (Å²) < 4.78 is 14.7. The molecule has 19 heavy (non-hydrogen) atoms. The lowest BCUT2D eigenvalue weighted by Crippen LogP contribution is -2.15. The van der Waals surface area contributed by atoms with Crippen molar-refractivity contribution in [3.05, 3.63) is 50.8 Å². The van der Waals surface area contributed by atoms with E-state index in [2.05, 4.69) is 42.2 Å². The first-order valence-corrected chi connectivity index (χ1v) is 6.73. The van der Waals surface area contributed by atoms with Crippen molar-refractivity contribution >= 4 is 49.3 Å². The van der Waals surface area contributed by atoms with Crippen molar-refractivity contribution in [2.75, 3.05) is 11.1 Å². The number of benzene rings is 1. The predicted molar refractivity (Wildman–Crippen MR) is 78.4 cm³/mol. The monoisotopic (exact) mass is 387 g/mol. The number of nitrogens with two attached hydrogens (primary N) is 1. The van der Waals surface area contributed by atoms with E-state index in [0.717, 1.165) is 0 Å². The fourth-order valence-corrected chi connectivity index (χ4v) is 2.19. The summed E-state index contributed by atoms with van der Waals surface area (Å²) in [5.41, 5.74) is 5.94. The summed E-state index contributed by atoms with van der Waals surface area (Å²) in [5, 5.41) is 2.51. The molecule has 0 radical (unpaired) electrons. The van der Waals surface area contributed by atoms with Crippen LogP contribution in [0, 0.1) is 5.82 Å². The molecule has 0 atom stereocenters. The fraction of sp³-hybridized carbons (Fsp3) is 0. The quantitative estimate of drug-likeness (QED) is 0.826. The Kier molecular flexibility index (Phi) is 4.16. The van der Waals surface area contributed by atoms with Crippen LogP contribution in [0.25, 0.3) is 0 Å². The molecule has 0 unspecified atom stereocenters. The molecule has 1 aromatic carbocycles. The van der Waals surface area contributed by atoms with Gasteiger partial charge in [0.2, 0.25) is 0 Å². The van der Waals surface area contributed by atoms with E-state index in [1.54, 1.807) is 12.1 Å². The molecule has 0 aliphatic heterocycles. The summed E-state index contributed by atoms with van der Waals surface area (Å²) >= 11 is 6.35. The molecule has 0 saturated carbocycles. The molecule has 0 aliphatic carbocycles. The minimum atomic E-state index is -0.613. The second-order valence-corrected chi connectivity index (χ2v) is 5.45. The van der Waals surface area contributed by atoms with E-state index in [0.29, 0.717) is 14.6 Å². The van der Waals surface area contributed by atoms with Crippen LogP contribution >= 0.6 is 31.9 Å². The molecule has 4 nitrogen and oxygen atoms in total. The highest BCUT2D eigenvalue weighted by Crippen LogP contribution is 2.23. The van der Waals surface area contributed by atoms with Crippen LogP contribution < -0.4 is 11.1 Å². The molecular formula is C12H8Br2FN3O. The van der Waals surface area contributed by atoms with E-state index in [4.69, 9.17) is 5.73 Å². The van der Waals surface area contributed by atoms with Crippen LogP contribution in [0.4, 0.5) is 15.9 Å². The van der Waals surface area contributed by atoms with Gasteiger partial charge in [-0.25, -0.2) is 9.37 Å². The van der Waals surface area contributed by atoms with Crippen LogP contribution in [0.1, 0.15) is 10.4 Å². The number of aromatic nitrogens is 1. The Hall–Kier alpha value is -1.47. The second kappa shape index (κ2) is 5.66. The van der Waals surface area contributed by atoms with E-state index in [1.165, 1.54) is 18.3 Å². The Labute approximate surface area is 125 Å². The van der Waals surface area contributed by atoms with Crippen molar-refractivity contribution < 1.29 is 9.18 Å². The average molecular weight is 389 g/mol. The van der Waals surface area contributed by atoms with Crippen LogP contribution in [-0.4, -0.2) is 10.9 Å². The van der Waals surface area contributed by atoms with Gasteiger partial charge < -0.3 is 11.1 Å². The molecule has 2 aromatic rings. The van der Waals surface area contributed by atoms with Crippen molar-refractivity contribution in [1.29, 1.82) is 0 Å². The SMILES string of the molecule is Nc1cnc(NC(=O)c2ccc(Br)cc2F)c(Br)c1. The van der Waals surface area contributed by atoms with Crippen molar-refractivity contribution in [3.63, 3.8) is 0 Å². The molecule has 0 aliphatic rings. The van der Waals surface area contributed by atoms with Gasteiger partial charge in [0.15, 0.2) is 0 Å². The Balaban J connectivity index is 2.25. The van der Waals surface area contributed by atoms with Gasteiger partial charge >= 0.3 is 0 Å². The normalized spacial score (nSPS) is 10.3. The molecular weight excluding hydrogens is 381 g/mol. The minimum Gasteiger partial charge on any atom is -0.397 e. The van der Waals surface area contributed by atoms with Gasteiger partial charge in [-0.2, -0.15) is 0 Å². The van der Waals surface area contributed by atoms with Crippen molar-refractivity contribution in [2.45, 2.75) is 0 Å². The molecule has 2 rings (SSSR count). The Bertz CT molecular complexity index is 649. The average Bonchev–Trinajstić information content (AvgIpc) is 2.32. The topological polar surface area (TPSA) is 68.0 Å². The number of carbonyl (C=O) groups is 1. The van der Waals surface area contributed by atoms with E-state index < -0.39 is 11.7 Å². The molecule has 0 saturated heterocycles. The fourth-order valence-electron chi connectivity index (χ4n) is 1.39. The number of nitrogens with one attached hydrogen (secondary N) is 1. The Morgan fingerprint density at radius 1 is 1.32 bits per heavy atom. The first-order chi connectivity index (χ1) is 8.97. The van der Waals surface area contributed by atoms with Crippen LogP contribution in [0.5, 0.6) is 0 Å². The number of halogens is 3. The molecule has 1 heterocycles. The number of nitrogens with zero attached hydrogens (tertiary/aromatic N) is 1. The van der Waals surface area contributed by atoms with Crippen LogP contribution in [0.2, 0.25) is 0 Å². The minimum absolute atomic E-state index is 0.0614. The standard InChI is InChI=1S/C12H8Br2FN3O/c13-6-1-2-8(10(15)3-6)12(19)18-11-9(14)4-7(16)5-17-11/h1-5H,16H2,(H,17,18,19). The summed E-state index contributed by atoms with van der Waals surface area (Å²) in [6.07, 6.45) is 1.40. The third-order valence-corrected chi connectivity index (χ3v) is 3.37. The molecule has 1 aromatic heterocycles. The smallest absolute Gasteiger partial charge is 0.259 e. The molecule has 98 valence electrons. The third kappa shape index (κ3) is 3.30. The number of rotatable bonds is 2. The van der Waals surface area contributed by atoms with Crippen molar-refractivity contribution in [2.24, 2.45) is 0 Å². The summed E-state index contributed by atoms with van der Waals surface area (Å²) in [4.78, 5) is 15.9. The Morgan fingerprint density at radius 3 is 2.68 bits per heavy atom. The van der Waals surface area contributed by atoms with Gasteiger partial charge in [0.25, 0.3) is 5.91 Å². The van der Waals surface area contributed by atoms with E-state index in [-0.39, 0.29) is 11.4 Å². The highest BCUT2D eigenvalue weighted by atomic mass is 79.9. The first kappa shape index (κ1) is 14.0. The number of anilines is 2. The number of carbonyl (C=O) groups excluding carboxylic acids is 1. The van der Waals surface area contributed by atoms with E-state index in [1.807, 2.05) is 0 Å². The number of pyridine rings is 1. The van der Waals surface area contributed by atoms with Gasteiger partial charge in [0.05, 0.1) is 21.9 Å². The highest BCUT2D eigenvalue weighted by Gasteiger charge is 2.14. The molecule has 7 heteroatoms. The number of nitrogen functional groups attached to an aromatic ring is 1. The van der Waals surface area contributed by atoms with Gasteiger partial charge in [0.1, 0.15) is 11.6 Å². The number of amides is 1. The molecule has 0 spiro atoms. The van der Waals surface area contributed by atoms with Gasteiger partial charge in [-0.3, -0.25) is 4.79 Å². The first-order valence-electron chi connectivity index (χ1n) is 5.15. The van der Waals surface area contributed by atoms with Gasteiger partial charge in [-0.1, -0.05) is 15.9 Å². The summed E-state index contributed by atoms with van der Waals surface area (Å²) in [6, 6.07) is 5.80. The molecule has 1 amide bonds. The zero-order valence-electron chi connectivity index (χ0n) is 9.45. The maximum Gasteiger partial charge on any atom is 0.259 e. The summed E-state index contributed by atoms with van der Waals surface area (Å²) in [6.45, 7) is 0. The lowest BCUT2D eigenvalue weighted by Gasteiger charge is -2.07. The van der Waals surface area contributed by atoms with E-state index in [9.17, 15) is 9.18 Å². The highest BCUT2D eigenvalue weighted by molar-refractivity contribution is 9.10. The third-order valence-electron chi connectivity index (χ3n) is 2.27. The molecule has 0 bridgehead atoms. The second-order valence-electron chi connectivity index (χ2n) is 3.68. The van der Waals surface area contributed by atoms with Crippen molar-refractivity contribution in [3.8, 4) is 0 Å². The zero-order chi connectivity index (χ0) is 14.0. The van der Waals surface area contributed by atoms with Crippen LogP contribution in [0.15, 0.2) is 39.4 Å². The van der Waals surface area contributed by atoms with Crippen molar-refractivity contribution in [1.82, 2.24) is 4.98 Å². The molecule has 3 N–H and O–H groups in total. The zero-order valence-corrected chi connectivity index (χ0v) is 12.6. The van der Waals surface area contributed by atoms with Gasteiger partial charge in [0, 0.05) is 4.47 Å². The van der Waals surface area contributed by atoms with Gasteiger partial charge in [-0.15, -0.1) is 0 Å². The maximum atomic E-state index is 13.6. The van der Waals surface area contributed by atoms with Gasteiger partial charge in [-0.05, 0) is 40.2 Å². The maximum absolute atomic E-state index is 13.6. The van der Waals surface area contributed by atoms with Crippen LogP contribution in [-0.2, 0) is 0 Å². The lowest BCUT2D eigenvalue weighted by atomic mass is 10.2.